The number of nitrogens with one attached hydrogen (secondary N) is 2. The Morgan fingerprint density at radius 1 is 1.44 bits per heavy atom. The van der Waals surface area contributed by atoms with E-state index in [1.165, 1.54) is 0 Å². The minimum atomic E-state index is -3.56. The van der Waals surface area contributed by atoms with E-state index in [4.69, 9.17) is 0 Å². The molecule has 102 valence electrons. The number of H-pyrrole nitrogens is 1. The molecule has 18 heavy (non-hydrogen) atoms. The molecule has 1 aliphatic carbocycles. The van der Waals surface area contributed by atoms with Crippen LogP contribution >= 0.6 is 23.1 Å². The van der Waals surface area contributed by atoms with Gasteiger partial charge < -0.3 is 4.98 Å². The van der Waals surface area contributed by atoms with Gasteiger partial charge in [-0.05, 0) is 32.4 Å². The first kappa shape index (κ1) is 14.1. The molecule has 0 spiro atoms. The van der Waals surface area contributed by atoms with E-state index in [1.807, 2.05) is 6.26 Å². The summed E-state index contributed by atoms with van der Waals surface area (Å²) in [6.07, 6.45) is 4.81. The maximum Gasteiger partial charge on any atom is 0.305 e. The van der Waals surface area contributed by atoms with Crippen LogP contribution in [-0.4, -0.2) is 30.9 Å². The topological polar surface area (TPSA) is 79.0 Å². The summed E-state index contributed by atoms with van der Waals surface area (Å²) < 4.78 is 27.1. The van der Waals surface area contributed by atoms with E-state index in [9.17, 15) is 13.2 Å². The Hall–Kier alpha value is -0.310. The number of rotatable bonds is 4. The van der Waals surface area contributed by atoms with Crippen molar-refractivity contribution in [3.05, 3.63) is 15.4 Å². The molecule has 0 aliphatic heterocycles. The summed E-state index contributed by atoms with van der Waals surface area (Å²) in [5.41, 5.74) is 0.414. The van der Waals surface area contributed by atoms with Gasteiger partial charge >= 0.3 is 4.87 Å². The second-order valence-corrected chi connectivity index (χ2v) is 8.45. The zero-order valence-electron chi connectivity index (χ0n) is 10.2. The monoisotopic (exact) mass is 308 g/mol. The Kier molecular flexibility index (Phi) is 4.20. The van der Waals surface area contributed by atoms with Crippen molar-refractivity contribution in [2.75, 3.05) is 6.26 Å². The fourth-order valence-electron chi connectivity index (χ4n) is 2.18. The van der Waals surface area contributed by atoms with Crippen molar-refractivity contribution < 1.29 is 8.42 Å². The SMILES string of the molecule is CSC1CCC(NS(=O)(=O)c2sc(=O)[nH]c2C)C1. The molecule has 2 atom stereocenters. The number of aromatic nitrogens is 1. The summed E-state index contributed by atoms with van der Waals surface area (Å²) in [5, 5.41) is 0.531. The molecule has 0 radical (unpaired) electrons. The van der Waals surface area contributed by atoms with Crippen LogP contribution < -0.4 is 9.60 Å². The summed E-state index contributed by atoms with van der Waals surface area (Å²) in [7, 11) is -3.56. The first-order valence-corrected chi connectivity index (χ1v) is 9.26. The highest BCUT2D eigenvalue weighted by Crippen LogP contribution is 2.29. The highest BCUT2D eigenvalue weighted by atomic mass is 32.2. The molecular weight excluding hydrogens is 292 g/mol. The fraction of sp³-hybridized carbons (Fsp3) is 0.700. The van der Waals surface area contributed by atoms with Gasteiger partial charge in [0.15, 0.2) is 4.21 Å². The van der Waals surface area contributed by atoms with Crippen LogP contribution in [0, 0.1) is 6.92 Å². The van der Waals surface area contributed by atoms with E-state index < -0.39 is 10.0 Å². The van der Waals surface area contributed by atoms with Gasteiger partial charge in [0.1, 0.15) is 0 Å². The van der Waals surface area contributed by atoms with Crippen molar-refractivity contribution in [1.29, 1.82) is 0 Å². The van der Waals surface area contributed by atoms with Crippen LogP contribution in [0.3, 0.4) is 0 Å². The van der Waals surface area contributed by atoms with Crippen molar-refractivity contribution in [2.24, 2.45) is 0 Å². The van der Waals surface area contributed by atoms with Crippen LogP contribution in [0.4, 0.5) is 0 Å². The molecule has 1 aromatic rings. The first-order chi connectivity index (χ1) is 8.42. The molecule has 2 rings (SSSR count). The number of hydrogen-bond donors (Lipinski definition) is 2. The van der Waals surface area contributed by atoms with Crippen molar-refractivity contribution >= 4 is 33.1 Å². The summed E-state index contributed by atoms with van der Waals surface area (Å²) in [6.45, 7) is 1.60. The molecule has 5 nitrogen and oxygen atoms in total. The Bertz CT molecular complexity index is 575. The largest absolute Gasteiger partial charge is 0.315 e. The summed E-state index contributed by atoms with van der Waals surface area (Å²) in [4.78, 5) is 13.3. The maximum atomic E-state index is 12.2. The fourth-order valence-corrected chi connectivity index (χ4v) is 5.58. The quantitative estimate of drug-likeness (QED) is 0.879. The minimum Gasteiger partial charge on any atom is -0.315 e. The van der Waals surface area contributed by atoms with Crippen LogP contribution in [0.1, 0.15) is 25.0 Å². The van der Waals surface area contributed by atoms with Gasteiger partial charge in [-0.15, -0.1) is 0 Å². The van der Waals surface area contributed by atoms with E-state index in [0.29, 0.717) is 10.9 Å². The second kappa shape index (κ2) is 5.36. The predicted molar refractivity (Wildman–Crippen MR) is 74.9 cm³/mol. The van der Waals surface area contributed by atoms with Crippen LogP contribution in [0.2, 0.25) is 0 Å². The third-order valence-electron chi connectivity index (χ3n) is 3.06. The molecule has 0 saturated heterocycles. The van der Waals surface area contributed by atoms with Gasteiger partial charge in [0.05, 0.1) is 0 Å². The van der Waals surface area contributed by atoms with E-state index in [1.54, 1.807) is 18.7 Å². The molecule has 2 N–H and O–H groups in total. The number of thioether (sulfide) groups is 1. The number of hydrogen-bond acceptors (Lipinski definition) is 5. The molecule has 1 aliphatic rings. The lowest BCUT2D eigenvalue weighted by Crippen LogP contribution is -2.33. The van der Waals surface area contributed by atoms with Gasteiger partial charge in [-0.25, -0.2) is 13.1 Å². The van der Waals surface area contributed by atoms with Gasteiger partial charge in [0.2, 0.25) is 0 Å². The Morgan fingerprint density at radius 2 is 2.17 bits per heavy atom. The Morgan fingerprint density at radius 3 is 2.67 bits per heavy atom. The normalized spacial score (nSPS) is 24.6. The molecule has 8 heteroatoms. The van der Waals surface area contributed by atoms with Gasteiger partial charge in [-0.2, -0.15) is 11.8 Å². The van der Waals surface area contributed by atoms with E-state index >= 15 is 0 Å². The minimum absolute atomic E-state index is 0.0101. The highest BCUT2D eigenvalue weighted by molar-refractivity contribution is 7.99. The number of aromatic amines is 1. The Labute approximate surface area is 114 Å². The zero-order chi connectivity index (χ0) is 13.3. The molecule has 1 heterocycles. The molecular formula is C10H16N2O3S3. The van der Waals surface area contributed by atoms with E-state index in [2.05, 4.69) is 9.71 Å². The molecule has 2 unspecified atom stereocenters. The Balaban J connectivity index is 2.13. The molecule has 1 saturated carbocycles. The average Bonchev–Trinajstić information content (AvgIpc) is 2.84. The third-order valence-corrected chi connectivity index (χ3v) is 7.28. The molecule has 0 aromatic carbocycles. The van der Waals surface area contributed by atoms with Crippen LogP contribution in [0.5, 0.6) is 0 Å². The average molecular weight is 308 g/mol. The smallest absolute Gasteiger partial charge is 0.305 e. The van der Waals surface area contributed by atoms with E-state index in [-0.39, 0.29) is 15.1 Å². The highest BCUT2D eigenvalue weighted by Gasteiger charge is 2.29. The van der Waals surface area contributed by atoms with Crippen LogP contribution in [-0.2, 0) is 10.0 Å². The summed E-state index contributed by atoms with van der Waals surface area (Å²) in [6, 6.07) is -0.0101. The van der Waals surface area contributed by atoms with Crippen LogP contribution in [0.25, 0.3) is 0 Å². The van der Waals surface area contributed by atoms with Crippen molar-refractivity contribution in [3.63, 3.8) is 0 Å². The van der Waals surface area contributed by atoms with Gasteiger partial charge in [0.25, 0.3) is 10.0 Å². The van der Waals surface area contributed by atoms with Crippen molar-refractivity contribution in [2.45, 2.75) is 41.7 Å². The summed E-state index contributed by atoms with van der Waals surface area (Å²) >= 11 is 2.52. The number of thiazole rings is 1. The molecule has 1 aromatic heterocycles. The van der Waals surface area contributed by atoms with E-state index in [0.717, 1.165) is 30.6 Å². The second-order valence-electron chi connectivity index (χ2n) is 4.42. The standard InChI is InChI=1S/C10H16N2O3S3/c1-6-9(17-10(13)11-6)18(14,15)12-7-3-4-8(5-7)16-2/h7-8,12H,3-5H2,1-2H3,(H,11,13). The molecule has 0 amide bonds. The van der Waals surface area contributed by atoms with Gasteiger partial charge in [-0.3, -0.25) is 4.79 Å². The zero-order valence-corrected chi connectivity index (χ0v) is 12.7. The lowest BCUT2D eigenvalue weighted by molar-refractivity contribution is 0.554. The van der Waals surface area contributed by atoms with Crippen molar-refractivity contribution in [3.8, 4) is 0 Å². The van der Waals surface area contributed by atoms with Crippen LogP contribution in [0.15, 0.2) is 9.00 Å². The van der Waals surface area contributed by atoms with Gasteiger partial charge in [0, 0.05) is 17.0 Å². The van der Waals surface area contributed by atoms with Gasteiger partial charge in [-0.1, -0.05) is 11.3 Å². The number of aryl methyl sites for hydroxylation is 1. The summed E-state index contributed by atoms with van der Waals surface area (Å²) in [5.74, 6) is 0. The third kappa shape index (κ3) is 2.98. The lowest BCUT2D eigenvalue weighted by atomic mass is 10.3. The number of sulfonamides is 1. The maximum absolute atomic E-state index is 12.2. The molecule has 1 fully saturated rings. The predicted octanol–water partition coefficient (Wildman–Crippen LogP) is 1.31. The van der Waals surface area contributed by atoms with Crippen molar-refractivity contribution in [1.82, 2.24) is 9.71 Å². The molecule has 0 bridgehead atoms. The lowest BCUT2D eigenvalue weighted by Gasteiger charge is -2.12. The first-order valence-electron chi connectivity index (χ1n) is 5.67.